The molecule has 0 bridgehead atoms. The number of nitrogens with one attached hydrogen (secondary N) is 1. The van der Waals surface area contributed by atoms with Crippen molar-refractivity contribution in [3.8, 4) is 17.3 Å². The summed E-state index contributed by atoms with van der Waals surface area (Å²) in [5.74, 6) is 0.888. The Morgan fingerprint density at radius 1 is 1.30 bits per heavy atom. The Balaban J connectivity index is 1.39. The van der Waals surface area contributed by atoms with Gasteiger partial charge in [0, 0.05) is 37.2 Å². The fourth-order valence-electron chi connectivity index (χ4n) is 3.94. The number of hydrogen-bond acceptors (Lipinski definition) is 6. The molecule has 1 saturated heterocycles. The number of benzene rings is 1. The second-order valence-corrected chi connectivity index (χ2v) is 7.57. The van der Waals surface area contributed by atoms with Gasteiger partial charge in [-0.15, -0.1) is 0 Å². The van der Waals surface area contributed by atoms with Gasteiger partial charge in [-0.25, -0.2) is 14.8 Å². The Kier molecular flexibility index (Phi) is 6.34. The standard InChI is InChI=1S/C22H25N5O3/c28-21(29)15-30-20-6-2-1-5-17(20)14-27-9-3-4-16(13-27)10-18-11-23-12-19(26-18)22-24-7-8-25-22/h1-2,5-8,11-12,16H,3-4,9-10,13-15H2,(H,24,25)(H,28,29)/t16-/m0/s1. The highest BCUT2D eigenvalue weighted by atomic mass is 16.5. The number of hydrogen-bond donors (Lipinski definition) is 2. The predicted molar refractivity (Wildman–Crippen MR) is 111 cm³/mol. The third kappa shape index (κ3) is 5.21. The number of likely N-dealkylation sites (tertiary alicyclic amines) is 1. The first-order chi connectivity index (χ1) is 14.7. The van der Waals surface area contributed by atoms with Gasteiger partial charge >= 0.3 is 5.97 Å². The van der Waals surface area contributed by atoms with E-state index in [-0.39, 0.29) is 6.61 Å². The first kappa shape index (κ1) is 20.0. The molecule has 8 heteroatoms. The maximum absolute atomic E-state index is 10.8. The molecule has 8 nitrogen and oxygen atoms in total. The van der Waals surface area contributed by atoms with Crippen molar-refractivity contribution in [1.82, 2.24) is 24.8 Å². The Morgan fingerprint density at radius 3 is 3.03 bits per heavy atom. The summed E-state index contributed by atoms with van der Waals surface area (Å²) < 4.78 is 5.46. The van der Waals surface area contributed by atoms with Crippen molar-refractivity contribution < 1.29 is 14.6 Å². The van der Waals surface area contributed by atoms with Gasteiger partial charge in [-0.2, -0.15) is 0 Å². The van der Waals surface area contributed by atoms with Gasteiger partial charge in [-0.3, -0.25) is 9.88 Å². The number of carboxylic acid groups (broad SMARTS) is 1. The molecule has 0 radical (unpaired) electrons. The first-order valence-corrected chi connectivity index (χ1v) is 10.1. The van der Waals surface area contributed by atoms with Crippen LogP contribution in [0.25, 0.3) is 11.5 Å². The van der Waals surface area contributed by atoms with E-state index in [1.807, 2.05) is 30.5 Å². The topological polar surface area (TPSA) is 104 Å². The molecule has 1 aliphatic rings. The van der Waals surface area contributed by atoms with Crippen LogP contribution >= 0.6 is 0 Å². The van der Waals surface area contributed by atoms with Gasteiger partial charge in [0.15, 0.2) is 12.4 Å². The number of imidazole rings is 1. The molecule has 1 fully saturated rings. The van der Waals surface area contributed by atoms with Crippen LogP contribution in [0.3, 0.4) is 0 Å². The lowest BCUT2D eigenvalue weighted by molar-refractivity contribution is -0.139. The number of carbonyl (C=O) groups is 1. The molecule has 1 aliphatic heterocycles. The van der Waals surface area contributed by atoms with Crippen LogP contribution in [0.2, 0.25) is 0 Å². The summed E-state index contributed by atoms with van der Waals surface area (Å²) in [6, 6.07) is 7.65. The zero-order chi connectivity index (χ0) is 20.8. The van der Waals surface area contributed by atoms with Crippen molar-refractivity contribution in [2.75, 3.05) is 19.7 Å². The van der Waals surface area contributed by atoms with Crippen LogP contribution in [0.5, 0.6) is 5.75 Å². The van der Waals surface area contributed by atoms with Gasteiger partial charge in [0.1, 0.15) is 11.4 Å². The average molecular weight is 407 g/mol. The third-order valence-corrected chi connectivity index (χ3v) is 5.24. The van der Waals surface area contributed by atoms with Crippen LogP contribution in [-0.4, -0.2) is 55.6 Å². The normalized spacial score (nSPS) is 17.0. The Labute approximate surface area is 175 Å². The monoisotopic (exact) mass is 407 g/mol. The molecular formula is C22H25N5O3. The minimum Gasteiger partial charge on any atom is -0.482 e. The van der Waals surface area contributed by atoms with Crippen molar-refractivity contribution in [2.24, 2.45) is 5.92 Å². The van der Waals surface area contributed by atoms with Gasteiger partial charge in [0.2, 0.25) is 0 Å². The molecular weight excluding hydrogens is 382 g/mol. The van der Waals surface area contributed by atoms with E-state index in [1.165, 1.54) is 0 Å². The lowest BCUT2D eigenvalue weighted by Gasteiger charge is -2.33. The smallest absolute Gasteiger partial charge is 0.341 e. The summed E-state index contributed by atoms with van der Waals surface area (Å²) in [5, 5.41) is 8.89. The number of carboxylic acids is 1. The van der Waals surface area contributed by atoms with Gasteiger partial charge in [0.25, 0.3) is 0 Å². The Hall–Kier alpha value is -3.26. The zero-order valence-corrected chi connectivity index (χ0v) is 16.7. The highest BCUT2D eigenvalue weighted by molar-refractivity contribution is 5.68. The largest absolute Gasteiger partial charge is 0.482 e. The summed E-state index contributed by atoms with van der Waals surface area (Å²) in [7, 11) is 0. The van der Waals surface area contributed by atoms with E-state index >= 15 is 0 Å². The van der Waals surface area contributed by atoms with Crippen LogP contribution in [0.1, 0.15) is 24.1 Å². The molecule has 0 aliphatic carbocycles. The molecule has 156 valence electrons. The highest BCUT2D eigenvalue weighted by Gasteiger charge is 2.22. The van der Waals surface area contributed by atoms with E-state index in [0.717, 1.165) is 61.7 Å². The van der Waals surface area contributed by atoms with Gasteiger partial charge in [-0.1, -0.05) is 18.2 Å². The molecule has 0 spiro atoms. The minimum absolute atomic E-state index is 0.329. The quantitative estimate of drug-likeness (QED) is 0.592. The van der Waals surface area contributed by atoms with E-state index in [2.05, 4.69) is 19.9 Å². The second-order valence-electron chi connectivity index (χ2n) is 7.57. The molecule has 0 saturated carbocycles. The van der Waals surface area contributed by atoms with E-state index in [1.54, 1.807) is 18.6 Å². The van der Waals surface area contributed by atoms with Gasteiger partial charge in [-0.05, 0) is 37.8 Å². The summed E-state index contributed by atoms with van der Waals surface area (Å²) >= 11 is 0. The summed E-state index contributed by atoms with van der Waals surface area (Å²) in [6.07, 6.45) is 10.2. The number of piperidine rings is 1. The predicted octanol–water partition coefficient (Wildman–Crippen LogP) is 2.78. The first-order valence-electron chi connectivity index (χ1n) is 10.1. The van der Waals surface area contributed by atoms with Gasteiger partial charge < -0.3 is 14.8 Å². The van der Waals surface area contributed by atoms with Crippen molar-refractivity contribution in [3.05, 3.63) is 60.3 Å². The lowest BCUT2D eigenvalue weighted by Crippen LogP contribution is -2.36. The molecule has 1 atom stereocenters. The summed E-state index contributed by atoms with van der Waals surface area (Å²) in [5.41, 5.74) is 2.75. The third-order valence-electron chi connectivity index (χ3n) is 5.24. The number of nitrogens with zero attached hydrogens (tertiary/aromatic N) is 4. The molecule has 2 N–H and O–H groups in total. The Morgan fingerprint density at radius 2 is 2.20 bits per heavy atom. The molecule has 30 heavy (non-hydrogen) atoms. The SMILES string of the molecule is O=C(O)COc1ccccc1CN1CCC[C@@H](Cc2cncc(-c3ncc[nH]3)n2)C1. The fraction of sp³-hybridized carbons (Fsp3) is 0.364. The number of H-pyrrole nitrogens is 1. The summed E-state index contributed by atoms with van der Waals surface area (Å²) in [4.78, 5) is 29.6. The van der Waals surface area contributed by atoms with Crippen molar-refractivity contribution in [3.63, 3.8) is 0 Å². The minimum atomic E-state index is -0.972. The van der Waals surface area contributed by atoms with E-state index in [4.69, 9.17) is 14.8 Å². The molecule has 0 unspecified atom stereocenters. The van der Waals surface area contributed by atoms with E-state index in [9.17, 15) is 4.79 Å². The molecule has 1 aromatic carbocycles. The number of ether oxygens (including phenoxy) is 1. The number of aromatic nitrogens is 4. The van der Waals surface area contributed by atoms with E-state index < -0.39 is 5.97 Å². The molecule has 2 aromatic heterocycles. The molecule has 0 amide bonds. The summed E-state index contributed by atoms with van der Waals surface area (Å²) in [6.45, 7) is 2.39. The van der Waals surface area contributed by atoms with Crippen molar-refractivity contribution in [1.29, 1.82) is 0 Å². The highest BCUT2D eigenvalue weighted by Crippen LogP contribution is 2.25. The second kappa shape index (κ2) is 9.49. The zero-order valence-electron chi connectivity index (χ0n) is 16.7. The number of aromatic amines is 1. The Bertz CT molecular complexity index is 976. The molecule has 3 heterocycles. The van der Waals surface area contributed by atoms with Crippen molar-refractivity contribution >= 4 is 5.97 Å². The lowest BCUT2D eigenvalue weighted by atomic mass is 9.93. The van der Waals surface area contributed by atoms with Crippen LogP contribution in [-0.2, 0) is 17.8 Å². The maximum atomic E-state index is 10.8. The van der Waals surface area contributed by atoms with Gasteiger partial charge in [0.05, 0.1) is 11.9 Å². The van der Waals surface area contributed by atoms with E-state index in [0.29, 0.717) is 11.7 Å². The average Bonchev–Trinajstić information content (AvgIpc) is 3.29. The van der Waals surface area contributed by atoms with Crippen LogP contribution in [0.15, 0.2) is 49.1 Å². The maximum Gasteiger partial charge on any atom is 0.341 e. The van der Waals surface area contributed by atoms with Crippen LogP contribution in [0, 0.1) is 5.92 Å². The van der Waals surface area contributed by atoms with Crippen molar-refractivity contribution in [2.45, 2.75) is 25.8 Å². The van der Waals surface area contributed by atoms with Crippen LogP contribution < -0.4 is 4.74 Å². The number of para-hydroxylation sites is 1. The number of aliphatic carboxylic acids is 1. The number of rotatable bonds is 8. The molecule has 4 rings (SSSR count). The van der Waals surface area contributed by atoms with Crippen LogP contribution in [0.4, 0.5) is 0 Å². The molecule has 3 aromatic rings. The fourth-order valence-corrected chi connectivity index (χ4v) is 3.94.